The molecule has 4 nitrogen and oxygen atoms in total. The van der Waals surface area contributed by atoms with Crippen LogP contribution in [0.1, 0.15) is 24.0 Å². The van der Waals surface area contributed by atoms with E-state index < -0.39 is 0 Å². The van der Waals surface area contributed by atoms with Crippen molar-refractivity contribution < 1.29 is 4.74 Å². The number of ether oxygens (including phenoxy) is 1. The quantitative estimate of drug-likeness (QED) is 0.882. The highest BCUT2D eigenvalue weighted by atomic mass is 32.1. The standard InChI is InChI=1S/C12H17N3OS2/c1-4-5-10-14-8(6-16-3)11(18-10)9-7-17-12(13-2)15-9/h7H,4-6H2,1-3H3,(H,13,15). The van der Waals surface area contributed by atoms with Crippen LogP contribution < -0.4 is 5.32 Å². The Hall–Kier alpha value is -0.980. The van der Waals surface area contributed by atoms with E-state index in [9.17, 15) is 0 Å². The maximum atomic E-state index is 5.22. The van der Waals surface area contributed by atoms with E-state index in [0.29, 0.717) is 6.61 Å². The monoisotopic (exact) mass is 283 g/mol. The number of aromatic nitrogens is 2. The predicted octanol–water partition coefficient (Wildman–Crippen LogP) is 3.41. The molecule has 98 valence electrons. The van der Waals surface area contributed by atoms with Crippen LogP contribution in [0, 0.1) is 0 Å². The van der Waals surface area contributed by atoms with Gasteiger partial charge in [0.2, 0.25) is 0 Å². The van der Waals surface area contributed by atoms with Gasteiger partial charge >= 0.3 is 0 Å². The third-order valence-electron chi connectivity index (χ3n) is 2.44. The van der Waals surface area contributed by atoms with E-state index in [1.54, 1.807) is 29.8 Å². The lowest BCUT2D eigenvalue weighted by atomic mass is 10.3. The summed E-state index contributed by atoms with van der Waals surface area (Å²) in [5.41, 5.74) is 2.00. The molecule has 1 N–H and O–H groups in total. The molecular weight excluding hydrogens is 266 g/mol. The van der Waals surface area contributed by atoms with Crippen LogP contribution in [0.4, 0.5) is 5.13 Å². The molecule has 2 aromatic heterocycles. The van der Waals surface area contributed by atoms with Crippen molar-refractivity contribution in [3.8, 4) is 10.6 Å². The predicted molar refractivity (Wildman–Crippen MR) is 77.5 cm³/mol. The van der Waals surface area contributed by atoms with Crippen LogP contribution in [-0.4, -0.2) is 24.1 Å². The zero-order chi connectivity index (χ0) is 13.0. The average Bonchev–Trinajstić information content (AvgIpc) is 2.96. The van der Waals surface area contributed by atoms with Gasteiger partial charge in [0, 0.05) is 19.5 Å². The molecule has 0 aliphatic carbocycles. The first-order chi connectivity index (χ1) is 8.78. The van der Waals surface area contributed by atoms with Crippen molar-refractivity contribution in [2.45, 2.75) is 26.4 Å². The summed E-state index contributed by atoms with van der Waals surface area (Å²) >= 11 is 3.34. The van der Waals surface area contributed by atoms with E-state index >= 15 is 0 Å². The molecule has 2 heterocycles. The fraction of sp³-hybridized carbons (Fsp3) is 0.500. The summed E-state index contributed by atoms with van der Waals surface area (Å²) in [7, 11) is 3.58. The van der Waals surface area contributed by atoms with Crippen molar-refractivity contribution in [1.29, 1.82) is 0 Å². The second-order valence-electron chi connectivity index (χ2n) is 3.85. The van der Waals surface area contributed by atoms with Gasteiger partial charge in [-0.05, 0) is 12.8 Å². The smallest absolute Gasteiger partial charge is 0.182 e. The van der Waals surface area contributed by atoms with Gasteiger partial charge in [0.25, 0.3) is 0 Å². The Morgan fingerprint density at radius 1 is 1.39 bits per heavy atom. The number of nitrogens with zero attached hydrogens (tertiary/aromatic N) is 2. The van der Waals surface area contributed by atoms with Gasteiger partial charge in [-0.1, -0.05) is 6.92 Å². The number of rotatable bonds is 6. The molecule has 0 radical (unpaired) electrons. The third kappa shape index (κ3) is 2.88. The zero-order valence-corrected chi connectivity index (χ0v) is 12.5. The molecule has 0 bridgehead atoms. The SMILES string of the molecule is CCCc1nc(COC)c(-c2csc(NC)n2)s1. The second-order valence-corrected chi connectivity index (χ2v) is 5.80. The van der Waals surface area contributed by atoms with Gasteiger partial charge in [-0.3, -0.25) is 0 Å². The molecule has 18 heavy (non-hydrogen) atoms. The summed E-state index contributed by atoms with van der Waals surface area (Å²) in [6.07, 6.45) is 2.13. The summed E-state index contributed by atoms with van der Waals surface area (Å²) in [6, 6.07) is 0. The number of methoxy groups -OCH3 is 1. The van der Waals surface area contributed by atoms with Gasteiger partial charge in [0.1, 0.15) is 0 Å². The molecule has 6 heteroatoms. The van der Waals surface area contributed by atoms with Crippen molar-refractivity contribution >= 4 is 27.8 Å². The van der Waals surface area contributed by atoms with Gasteiger partial charge < -0.3 is 10.1 Å². The fourth-order valence-corrected chi connectivity index (χ4v) is 3.52. The van der Waals surface area contributed by atoms with E-state index in [0.717, 1.165) is 34.2 Å². The van der Waals surface area contributed by atoms with Gasteiger partial charge in [-0.2, -0.15) is 0 Å². The number of hydrogen-bond acceptors (Lipinski definition) is 6. The minimum absolute atomic E-state index is 0.544. The zero-order valence-electron chi connectivity index (χ0n) is 10.8. The van der Waals surface area contributed by atoms with Crippen LogP contribution in [0.5, 0.6) is 0 Å². The van der Waals surface area contributed by atoms with E-state index in [-0.39, 0.29) is 0 Å². The second kappa shape index (κ2) is 6.26. The maximum absolute atomic E-state index is 5.22. The van der Waals surface area contributed by atoms with Crippen LogP contribution >= 0.6 is 22.7 Å². The Bertz CT molecular complexity index is 507. The highest BCUT2D eigenvalue weighted by molar-refractivity contribution is 7.16. The van der Waals surface area contributed by atoms with Crippen LogP contribution in [0.3, 0.4) is 0 Å². The van der Waals surface area contributed by atoms with Gasteiger partial charge in [0.05, 0.1) is 27.9 Å². The molecule has 0 spiro atoms. The Kier molecular flexibility index (Phi) is 4.68. The maximum Gasteiger partial charge on any atom is 0.182 e. The number of nitrogens with one attached hydrogen (secondary N) is 1. The Morgan fingerprint density at radius 2 is 2.22 bits per heavy atom. The van der Waals surface area contributed by atoms with Crippen molar-refractivity contribution in [2.75, 3.05) is 19.5 Å². The summed E-state index contributed by atoms with van der Waals surface area (Å²) in [5, 5.41) is 7.22. The van der Waals surface area contributed by atoms with Crippen molar-refractivity contribution in [3.63, 3.8) is 0 Å². The Balaban J connectivity index is 2.34. The van der Waals surface area contributed by atoms with Gasteiger partial charge in [-0.15, -0.1) is 22.7 Å². The minimum Gasteiger partial charge on any atom is -0.378 e. The molecular formula is C12H17N3OS2. The van der Waals surface area contributed by atoms with Crippen molar-refractivity contribution in [3.05, 3.63) is 16.1 Å². The van der Waals surface area contributed by atoms with E-state index in [2.05, 4.69) is 27.6 Å². The molecule has 0 aliphatic rings. The lowest BCUT2D eigenvalue weighted by Crippen LogP contribution is -1.92. The lowest BCUT2D eigenvalue weighted by molar-refractivity contribution is 0.182. The van der Waals surface area contributed by atoms with Crippen LogP contribution in [-0.2, 0) is 17.8 Å². The molecule has 2 rings (SSSR count). The largest absolute Gasteiger partial charge is 0.378 e. The lowest BCUT2D eigenvalue weighted by Gasteiger charge is -1.97. The molecule has 0 aliphatic heterocycles. The summed E-state index contributed by atoms with van der Waals surface area (Å²) in [4.78, 5) is 10.3. The Labute approximate surface area is 115 Å². The van der Waals surface area contributed by atoms with Gasteiger partial charge in [0.15, 0.2) is 5.13 Å². The van der Waals surface area contributed by atoms with Crippen molar-refractivity contribution in [1.82, 2.24) is 9.97 Å². The average molecular weight is 283 g/mol. The molecule has 0 atom stereocenters. The normalized spacial score (nSPS) is 10.8. The number of thiazole rings is 2. The first kappa shape index (κ1) is 13.5. The van der Waals surface area contributed by atoms with E-state index in [4.69, 9.17) is 4.74 Å². The Morgan fingerprint density at radius 3 is 2.83 bits per heavy atom. The highest BCUT2D eigenvalue weighted by Crippen LogP contribution is 2.33. The minimum atomic E-state index is 0.544. The molecule has 0 unspecified atom stereocenters. The van der Waals surface area contributed by atoms with Crippen LogP contribution in [0.2, 0.25) is 0 Å². The molecule has 0 saturated heterocycles. The fourth-order valence-electron chi connectivity index (χ4n) is 1.65. The number of hydrogen-bond donors (Lipinski definition) is 1. The highest BCUT2D eigenvalue weighted by Gasteiger charge is 2.15. The van der Waals surface area contributed by atoms with E-state index in [1.165, 1.54) is 5.01 Å². The molecule has 0 saturated carbocycles. The molecule has 0 amide bonds. The van der Waals surface area contributed by atoms with Crippen LogP contribution in [0.25, 0.3) is 10.6 Å². The number of anilines is 1. The summed E-state index contributed by atoms with van der Waals surface area (Å²) < 4.78 is 5.22. The molecule has 0 aromatic carbocycles. The molecule has 2 aromatic rings. The van der Waals surface area contributed by atoms with Crippen LogP contribution in [0.15, 0.2) is 5.38 Å². The van der Waals surface area contributed by atoms with Crippen molar-refractivity contribution in [2.24, 2.45) is 0 Å². The summed E-state index contributed by atoms with van der Waals surface area (Å²) in [6.45, 7) is 2.71. The summed E-state index contributed by atoms with van der Waals surface area (Å²) in [5.74, 6) is 0. The first-order valence-corrected chi connectivity index (χ1v) is 7.59. The topological polar surface area (TPSA) is 47.0 Å². The first-order valence-electron chi connectivity index (χ1n) is 5.89. The van der Waals surface area contributed by atoms with E-state index in [1.807, 2.05) is 7.05 Å². The van der Waals surface area contributed by atoms with Gasteiger partial charge in [-0.25, -0.2) is 9.97 Å². The number of aryl methyl sites for hydroxylation is 1. The third-order valence-corrected chi connectivity index (χ3v) is 4.48. The molecule has 0 fully saturated rings.